The van der Waals surface area contributed by atoms with Crippen LogP contribution in [0.1, 0.15) is 59.3 Å². The molecule has 0 aromatic heterocycles. The summed E-state index contributed by atoms with van der Waals surface area (Å²) in [6, 6.07) is 3.69. The number of hydrogen-bond acceptors (Lipinski definition) is 5. The van der Waals surface area contributed by atoms with E-state index in [0.717, 1.165) is 24.6 Å². The highest BCUT2D eigenvalue weighted by atomic mass is 32.2. The Kier molecular flexibility index (Phi) is 6.83. The number of nitrogens with zero attached hydrogens (tertiary/aromatic N) is 1. The van der Waals surface area contributed by atoms with Gasteiger partial charge in [0.2, 0.25) is 0 Å². The fourth-order valence-electron chi connectivity index (χ4n) is 3.63. The first-order chi connectivity index (χ1) is 15.4. The number of fused-ring (bicyclic) bond motifs is 1. The van der Waals surface area contributed by atoms with Gasteiger partial charge in [0.25, 0.3) is 15.9 Å². The van der Waals surface area contributed by atoms with Gasteiger partial charge in [-0.25, -0.2) is 17.1 Å². The average molecular weight is 487 g/mol. The van der Waals surface area contributed by atoms with Crippen molar-refractivity contribution in [3.05, 3.63) is 64.5 Å². The molecule has 178 valence electrons. The van der Waals surface area contributed by atoms with Gasteiger partial charge in [0.1, 0.15) is 5.82 Å². The molecule has 2 aromatic rings. The Labute approximate surface area is 188 Å². The van der Waals surface area contributed by atoms with Crippen molar-refractivity contribution in [2.45, 2.75) is 50.2 Å². The minimum Gasteiger partial charge on any atom is -0.466 e. The van der Waals surface area contributed by atoms with Crippen molar-refractivity contribution in [3.8, 4) is 0 Å². The smallest absolute Gasteiger partial charge is 0.416 e. The summed E-state index contributed by atoms with van der Waals surface area (Å²) in [5.74, 6) is -2.93. The van der Waals surface area contributed by atoms with Crippen molar-refractivity contribution >= 4 is 21.9 Å². The van der Waals surface area contributed by atoms with Crippen LogP contribution in [0.4, 0.5) is 17.6 Å². The molecule has 6 nitrogen and oxygen atoms in total. The summed E-state index contributed by atoms with van der Waals surface area (Å²) < 4.78 is 85.3. The second kappa shape index (κ2) is 9.12. The molecule has 0 N–H and O–H groups in total. The Hall–Kier alpha value is -2.95. The molecule has 0 fully saturated rings. The molecule has 0 aliphatic carbocycles. The van der Waals surface area contributed by atoms with Gasteiger partial charge in [-0.3, -0.25) is 9.59 Å². The topological polar surface area (TPSA) is 80.8 Å². The fraction of sp³-hybridized carbons (Fsp3) is 0.364. The van der Waals surface area contributed by atoms with Crippen molar-refractivity contribution < 1.29 is 40.3 Å². The molecule has 11 heteroatoms. The van der Waals surface area contributed by atoms with E-state index in [-0.39, 0.29) is 23.3 Å². The quantitative estimate of drug-likeness (QED) is 0.333. The van der Waals surface area contributed by atoms with Gasteiger partial charge < -0.3 is 4.74 Å². The Morgan fingerprint density at radius 1 is 1.09 bits per heavy atom. The third-order valence-corrected chi connectivity index (χ3v) is 7.25. The van der Waals surface area contributed by atoms with Crippen LogP contribution in [0.3, 0.4) is 0 Å². The van der Waals surface area contributed by atoms with Gasteiger partial charge in [0.05, 0.1) is 29.5 Å². The molecule has 33 heavy (non-hydrogen) atoms. The maximum Gasteiger partial charge on any atom is 0.416 e. The van der Waals surface area contributed by atoms with Gasteiger partial charge in [-0.05, 0) is 49.2 Å². The van der Waals surface area contributed by atoms with E-state index in [0.29, 0.717) is 22.9 Å². The van der Waals surface area contributed by atoms with Gasteiger partial charge in [-0.1, -0.05) is 19.4 Å². The van der Waals surface area contributed by atoms with Crippen molar-refractivity contribution in [2.75, 3.05) is 6.61 Å². The Balaban J connectivity index is 2.05. The summed E-state index contributed by atoms with van der Waals surface area (Å²) in [6.07, 6.45) is -3.99. The summed E-state index contributed by atoms with van der Waals surface area (Å²) in [7, 11) is -4.59. The highest BCUT2D eigenvalue weighted by molar-refractivity contribution is 7.90. The van der Waals surface area contributed by atoms with Crippen LogP contribution < -0.4 is 0 Å². The number of alkyl halides is 3. The summed E-state index contributed by atoms with van der Waals surface area (Å²) in [5.41, 5.74) is -1.56. The first kappa shape index (κ1) is 24.7. The first-order valence-electron chi connectivity index (χ1n) is 10.1. The Morgan fingerprint density at radius 3 is 2.30 bits per heavy atom. The Morgan fingerprint density at radius 2 is 1.73 bits per heavy atom. The van der Waals surface area contributed by atoms with Crippen molar-refractivity contribution in [1.82, 2.24) is 4.31 Å². The van der Waals surface area contributed by atoms with Gasteiger partial charge in [-0.2, -0.15) is 13.2 Å². The number of aryl methyl sites for hydroxylation is 1. The van der Waals surface area contributed by atoms with Gasteiger partial charge in [0, 0.05) is 11.1 Å². The molecule has 0 saturated carbocycles. The van der Waals surface area contributed by atoms with Crippen molar-refractivity contribution in [1.29, 1.82) is 0 Å². The van der Waals surface area contributed by atoms with Gasteiger partial charge in [-0.15, -0.1) is 0 Å². The van der Waals surface area contributed by atoms with Gasteiger partial charge in [0.15, 0.2) is 0 Å². The van der Waals surface area contributed by atoms with Crippen LogP contribution in [0, 0.1) is 12.7 Å². The summed E-state index contributed by atoms with van der Waals surface area (Å²) >= 11 is 0. The van der Waals surface area contributed by atoms with Crippen LogP contribution in [0.15, 0.2) is 41.3 Å². The van der Waals surface area contributed by atoms with Crippen molar-refractivity contribution in [2.24, 2.45) is 0 Å². The predicted octanol–water partition coefficient (Wildman–Crippen LogP) is 4.77. The van der Waals surface area contributed by atoms with Crippen LogP contribution in [-0.4, -0.2) is 31.2 Å². The molecular weight excluding hydrogens is 466 g/mol. The molecule has 0 saturated heterocycles. The van der Waals surface area contributed by atoms with Crippen LogP contribution in [0.2, 0.25) is 0 Å². The number of amides is 1. The molecule has 0 spiro atoms. The fourth-order valence-corrected chi connectivity index (χ4v) is 5.65. The minimum absolute atomic E-state index is 0.0742. The first-order valence-corrected chi connectivity index (χ1v) is 11.5. The molecule has 0 bridgehead atoms. The average Bonchev–Trinajstić information content (AvgIpc) is 2.97. The molecule has 1 unspecified atom stereocenters. The molecule has 3 rings (SSSR count). The highest BCUT2D eigenvalue weighted by Crippen LogP contribution is 2.45. The van der Waals surface area contributed by atoms with E-state index in [1.165, 1.54) is 13.0 Å². The molecule has 1 aliphatic rings. The molecule has 1 atom stereocenters. The number of hydrogen-bond donors (Lipinski definition) is 0. The maximum atomic E-state index is 14.8. The lowest BCUT2D eigenvalue weighted by atomic mass is 10.00. The van der Waals surface area contributed by atoms with E-state index in [1.807, 2.05) is 6.92 Å². The van der Waals surface area contributed by atoms with E-state index in [1.54, 1.807) is 0 Å². The van der Waals surface area contributed by atoms with E-state index >= 15 is 0 Å². The number of rotatable bonds is 6. The zero-order chi connectivity index (χ0) is 24.6. The number of carbonyl (C=O) groups excluding carboxylic acids is 2. The number of sulfonamides is 1. The van der Waals surface area contributed by atoms with E-state index < -0.39 is 56.8 Å². The van der Waals surface area contributed by atoms with Crippen LogP contribution >= 0.6 is 0 Å². The summed E-state index contributed by atoms with van der Waals surface area (Å²) in [6.45, 7) is 3.36. The molecule has 1 heterocycles. The monoisotopic (exact) mass is 487 g/mol. The number of carbonyl (C=O) groups is 2. The lowest BCUT2D eigenvalue weighted by Crippen LogP contribution is -2.36. The van der Waals surface area contributed by atoms with Crippen LogP contribution in [0.25, 0.3) is 0 Å². The largest absolute Gasteiger partial charge is 0.466 e. The van der Waals surface area contributed by atoms with Crippen LogP contribution in [-0.2, 0) is 25.7 Å². The number of unbranched alkanes of at least 4 members (excludes halogenated alkanes) is 1. The minimum atomic E-state index is -4.65. The zero-order valence-electron chi connectivity index (χ0n) is 17.8. The predicted molar refractivity (Wildman–Crippen MR) is 109 cm³/mol. The summed E-state index contributed by atoms with van der Waals surface area (Å²) in [5, 5.41) is 0. The lowest BCUT2D eigenvalue weighted by Gasteiger charge is -2.23. The zero-order valence-corrected chi connectivity index (χ0v) is 18.6. The number of ether oxygens (including phenoxy) is 1. The number of halogens is 4. The Bertz CT molecular complexity index is 1180. The van der Waals surface area contributed by atoms with E-state index in [4.69, 9.17) is 4.74 Å². The molecular formula is C22H21F4NO5S. The molecule has 2 aromatic carbocycles. The molecule has 1 aliphatic heterocycles. The molecule has 0 radical (unpaired) electrons. The van der Waals surface area contributed by atoms with E-state index in [9.17, 15) is 35.6 Å². The highest BCUT2D eigenvalue weighted by Gasteiger charge is 2.49. The number of benzene rings is 2. The standard InChI is InChI=1S/C22H21F4NO5S/c1-3-4-11-32-18(28)12-17-19-16(23)10-5-13(2)20(19)33(30,31)27(17)21(29)14-6-8-15(9-7-14)22(24,25)26/h5-10,17H,3-4,11-12H2,1-2H3. The molecule has 1 amide bonds. The number of esters is 1. The van der Waals surface area contributed by atoms with Crippen molar-refractivity contribution in [3.63, 3.8) is 0 Å². The van der Waals surface area contributed by atoms with Gasteiger partial charge >= 0.3 is 12.1 Å². The second-order valence-corrected chi connectivity index (χ2v) is 9.33. The second-order valence-electron chi connectivity index (χ2n) is 7.58. The summed E-state index contributed by atoms with van der Waals surface area (Å²) in [4.78, 5) is 25.1. The normalized spacial score (nSPS) is 17.0. The van der Waals surface area contributed by atoms with Crippen LogP contribution in [0.5, 0.6) is 0 Å². The lowest BCUT2D eigenvalue weighted by molar-refractivity contribution is -0.144. The third kappa shape index (κ3) is 4.73. The maximum absolute atomic E-state index is 14.8. The third-order valence-electron chi connectivity index (χ3n) is 5.25. The van der Waals surface area contributed by atoms with E-state index in [2.05, 4.69) is 0 Å². The SMILES string of the molecule is CCCCOC(=O)CC1c2c(F)ccc(C)c2S(=O)(=O)N1C(=O)c1ccc(C(F)(F)F)cc1.